The molecule has 0 saturated heterocycles. The fraction of sp³-hybridized carbons (Fsp3) is 0.500. The van der Waals surface area contributed by atoms with E-state index in [9.17, 15) is 14.3 Å². The number of aromatic hydroxyl groups is 1. The van der Waals surface area contributed by atoms with E-state index in [2.05, 4.69) is 12.6 Å². The number of esters is 1. The van der Waals surface area contributed by atoms with Crippen molar-refractivity contribution in [2.24, 2.45) is 0 Å². The molecular formula is C14H19FO5S. The number of carbonyl (C=O) groups excluding carboxylic acids is 1. The van der Waals surface area contributed by atoms with Gasteiger partial charge >= 0.3 is 5.97 Å². The number of phenolic OH excluding ortho intramolecular Hbond substituents is 1. The number of hydrogen-bond donors (Lipinski definition) is 3. The van der Waals surface area contributed by atoms with Gasteiger partial charge in [0, 0.05) is 13.0 Å². The molecule has 0 heterocycles. The largest absolute Gasteiger partial charge is 0.505 e. The third-order valence-corrected chi connectivity index (χ3v) is 3.10. The molecule has 0 fully saturated rings. The first-order chi connectivity index (χ1) is 9.99. The van der Waals surface area contributed by atoms with Crippen LogP contribution in [-0.2, 0) is 14.3 Å². The van der Waals surface area contributed by atoms with Gasteiger partial charge < -0.3 is 19.7 Å². The van der Waals surface area contributed by atoms with Crippen LogP contribution in [0.1, 0.15) is 25.0 Å². The van der Waals surface area contributed by atoms with Crippen LogP contribution in [0.3, 0.4) is 0 Å². The van der Waals surface area contributed by atoms with E-state index in [1.54, 1.807) is 6.92 Å². The molecule has 0 saturated carbocycles. The van der Waals surface area contributed by atoms with Crippen LogP contribution in [0.5, 0.6) is 5.75 Å². The Morgan fingerprint density at radius 2 is 2.19 bits per heavy atom. The summed E-state index contributed by atoms with van der Waals surface area (Å²) < 4.78 is 23.6. The molecule has 0 aliphatic rings. The van der Waals surface area contributed by atoms with Gasteiger partial charge in [-0.2, -0.15) is 12.6 Å². The first-order valence-corrected chi connectivity index (χ1v) is 7.17. The molecule has 0 radical (unpaired) electrons. The number of rotatable bonds is 8. The van der Waals surface area contributed by atoms with Crippen molar-refractivity contribution in [1.29, 1.82) is 0 Å². The van der Waals surface area contributed by atoms with E-state index in [-0.39, 0.29) is 24.3 Å². The van der Waals surface area contributed by atoms with Crippen molar-refractivity contribution in [3.05, 3.63) is 29.6 Å². The predicted molar refractivity (Wildman–Crippen MR) is 77.9 cm³/mol. The Morgan fingerprint density at radius 3 is 2.76 bits per heavy atom. The number of halogens is 1. The lowest BCUT2D eigenvalue weighted by Crippen LogP contribution is -2.25. The predicted octanol–water partition coefficient (Wildman–Crippen LogP) is 1.83. The average molecular weight is 318 g/mol. The summed E-state index contributed by atoms with van der Waals surface area (Å²) in [6.45, 7) is 2.18. The number of hydrogen-bond acceptors (Lipinski definition) is 6. The van der Waals surface area contributed by atoms with Crippen LogP contribution in [0.2, 0.25) is 0 Å². The number of carbonyl (C=O) groups is 1. The second-order valence-corrected chi connectivity index (χ2v) is 4.63. The normalized spacial score (nSPS) is 13.7. The fourth-order valence-corrected chi connectivity index (χ4v) is 1.89. The van der Waals surface area contributed by atoms with Crippen LogP contribution in [0.4, 0.5) is 4.39 Å². The Balaban J connectivity index is 2.69. The van der Waals surface area contributed by atoms with E-state index in [1.165, 1.54) is 6.07 Å². The topological polar surface area (TPSA) is 76.0 Å². The van der Waals surface area contributed by atoms with Gasteiger partial charge in [-0.15, -0.1) is 0 Å². The molecule has 0 amide bonds. The van der Waals surface area contributed by atoms with Crippen molar-refractivity contribution in [2.45, 2.75) is 25.6 Å². The van der Waals surface area contributed by atoms with Gasteiger partial charge in [-0.25, -0.2) is 4.39 Å². The zero-order valence-electron chi connectivity index (χ0n) is 11.7. The second-order valence-electron chi connectivity index (χ2n) is 4.32. The highest BCUT2D eigenvalue weighted by Crippen LogP contribution is 2.25. The van der Waals surface area contributed by atoms with E-state index in [4.69, 9.17) is 14.6 Å². The van der Waals surface area contributed by atoms with E-state index in [0.717, 1.165) is 12.1 Å². The molecule has 0 aliphatic heterocycles. The summed E-state index contributed by atoms with van der Waals surface area (Å²) in [4.78, 5) is 11.0. The zero-order chi connectivity index (χ0) is 15.8. The van der Waals surface area contributed by atoms with Crippen molar-refractivity contribution in [2.75, 3.05) is 19.0 Å². The van der Waals surface area contributed by atoms with Crippen molar-refractivity contribution in [3.8, 4) is 5.75 Å². The number of ether oxygens (including phenoxy) is 2. The Labute approximate surface area is 128 Å². The number of phenols is 1. The van der Waals surface area contributed by atoms with Crippen LogP contribution in [0.25, 0.3) is 0 Å². The molecule has 2 atom stereocenters. The number of aliphatic hydroxyl groups excluding tert-OH is 1. The van der Waals surface area contributed by atoms with Gasteiger partial charge in [-0.1, -0.05) is 6.07 Å². The Hall–Kier alpha value is -1.31. The minimum atomic E-state index is -1.09. The van der Waals surface area contributed by atoms with Crippen LogP contribution < -0.4 is 0 Å². The maximum atomic E-state index is 13.3. The fourth-order valence-electron chi connectivity index (χ4n) is 1.80. The van der Waals surface area contributed by atoms with Crippen LogP contribution in [-0.4, -0.2) is 41.3 Å². The molecule has 1 aromatic carbocycles. The lowest BCUT2D eigenvalue weighted by atomic mass is 10.0. The van der Waals surface area contributed by atoms with Gasteiger partial charge in [-0.05, 0) is 24.6 Å². The summed E-state index contributed by atoms with van der Waals surface area (Å²) in [5.41, 5.74) is 0.282. The smallest absolute Gasteiger partial charge is 0.315 e. The second kappa shape index (κ2) is 8.86. The molecule has 0 aliphatic carbocycles. The average Bonchev–Trinajstić information content (AvgIpc) is 2.48. The Bertz CT molecular complexity index is 469. The summed E-state index contributed by atoms with van der Waals surface area (Å²) in [6, 6.07) is 3.62. The molecule has 7 heteroatoms. The summed E-state index contributed by atoms with van der Waals surface area (Å²) in [7, 11) is 0. The Morgan fingerprint density at radius 1 is 1.48 bits per heavy atom. The molecule has 2 N–H and O–H groups in total. The highest BCUT2D eigenvalue weighted by molar-refractivity contribution is 7.81. The maximum Gasteiger partial charge on any atom is 0.315 e. The first kappa shape index (κ1) is 17.7. The third-order valence-electron chi connectivity index (χ3n) is 2.84. The number of benzene rings is 1. The summed E-state index contributed by atoms with van der Waals surface area (Å²) in [5, 5.41) is 19.4. The van der Waals surface area contributed by atoms with E-state index >= 15 is 0 Å². The summed E-state index contributed by atoms with van der Waals surface area (Å²) >= 11 is 3.78. The Kier molecular flexibility index (Phi) is 7.49. The lowest BCUT2D eigenvalue weighted by molar-refractivity contribution is -0.142. The maximum absolute atomic E-state index is 13.3. The molecule has 1 aromatic rings. The molecule has 21 heavy (non-hydrogen) atoms. The minimum Gasteiger partial charge on any atom is -0.505 e. The summed E-state index contributed by atoms with van der Waals surface area (Å²) in [6.07, 6.45) is -1.47. The van der Waals surface area contributed by atoms with Gasteiger partial charge in [-0.3, -0.25) is 4.79 Å². The minimum absolute atomic E-state index is 0.0228. The van der Waals surface area contributed by atoms with Gasteiger partial charge in [0.15, 0.2) is 11.6 Å². The highest BCUT2D eigenvalue weighted by Gasteiger charge is 2.22. The molecule has 0 bridgehead atoms. The van der Waals surface area contributed by atoms with Crippen LogP contribution in [0.15, 0.2) is 18.2 Å². The van der Waals surface area contributed by atoms with Crippen molar-refractivity contribution >= 4 is 18.6 Å². The molecular weight excluding hydrogens is 299 g/mol. The monoisotopic (exact) mass is 318 g/mol. The summed E-state index contributed by atoms with van der Waals surface area (Å²) in [5.74, 6) is -1.78. The van der Waals surface area contributed by atoms with Crippen LogP contribution >= 0.6 is 12.6 Å². The number of aliphatic hydroxyl groups is 1. The van der Waals surface area contributed by atoms with Gasteiger partial charge in [0.25, 0.3) is 0 Å². The standard InChI is InChI=1S/C14H19FO5S/c1-2-19-12(5-6-20-13(17)8-21)14(18)9-3-4-11(16)10(15)7-9/h3-4,7,12,14,16,18,21H,2,5-6,8H2,1H3/t12-,14-/m1/s1. The molecule has 0 aromatic heterocycles. The molecule has 1 rings (SSSR count). The third kappa shape index (κ3) is 5.53. The van der Waals surface area contributed by atoms with E-state index < -0.39 is 29.7 Å². The van der Waals surface area contributed by atoms with E-state index in [0.29, 0.717) is 6.61 Å². The van der Waals surface area contributed by atoms with Crippen molar-refractivity contribution in [1.82, 2.24) is 0 Å². The van der Waals surface area contributed by atoms with Gasteiger partial charge in [0.2, 0.25) is 0 Å². The van der Waals surface area contributed by atoms with Crippen LogP contribution in [0, 0.1) is 5.82 Å². The zero-order valence-corrected chi connectivity index (χ0v) is 12.6. The molecule has 5 nitrogen and oxygen atoms in total. The highest BCUT2D eigenvalue weighted by atomic mass is 32.1. The van der Waals surface area contributed by atoms with Gasteiger partial charge in [0.05, 0.1) is 18.5 Å². The van der Waals surface area contributed by atoms with Gasteiger partial charge in [0.1, 0.15) is 6.10 Å². The molecule has 0 spiro atoms. The molecule has 118 valence electrons. The first-order valence-electron chi connectivity index (χ1n) is 6.54. The van der Waals surface area contributed by atoms with Crippen molar-refractivity contribution < 1.29 is 28.9 Å². The molecule has 0 unspecified atom stereocenters. The quantitative estimate of drug-likeness (QED) is 0.504. The van der Waals surface area contributed by atoms with E-state index in [1.807, 2.05) is 0 Å². The number of thiol groups is 1. The van der Waals surface area contributed by atoms with Crippen molar-refractivity contribution in [3.63, 3.8) is 0 Å². The lowest BCUT2D eigenvalue weighted by Gasteiger charge is -2.23. The SMILES string of the molecule is CCO[C@H](CCOC(=O)CS)[C@H](O)c1ccc(O)c(F)c1.